The summed E-state index contributed by atoms with van der Waals surface area (Å²) in [6.07, 6.45) is 2.16. The number of likely N-dealkylation sites (tertiary alicyclic amines) is 1. The molecule has 0 aromatic carbocycles. The van der Waals surface area contributed by atoms with Gasteiger partial charge in [-0.3, -0.25) is 4.90 Å². The monoisotopic (exact) mass is 306 g/mol. The first-order valence-electron chi connectivity index (χ1n) is 8.40. The average Bonchev–Trinajstić information content (AvgIpc) is 2.37. The molecule has 2 unspecified atom stereocenters. The van der Waals surface area contributed by atoms with E-state index < -0.39 is 12.6 Å². The highest BCUT2D eigenvalue weighted by molar-refractivity contribution is 4.88. The quantitative estimate of drug-likeness (QED) is 0.846. The van der Waals surface area contributed by atoms with Gasteiger partial charge in [-0.05, 0) is 39.0 Å². The van der Waals surface area contributed by atoms with Crippen LogP contribution in [0, 0.1) is 5.92 Å². The second kappa shape index (κ2) is 7.32. The van der Waals surface area contributed by atoms with Crippen LogP contribution in [0.3, 0.4) is 0 Å². The lowest BCUT2D eigenvalue weighted by molar-refractivity contribution is -0.149. The summed E-state index contributed by atoms with van der Waals surface area (Å²) in [5, 5.41) is 3.65. The molecule has 1 N–H and O–H groups in total. The Morgan fingerprint density at radius 3 is 2.29 bits per heavy atom. The Hall–Kier alpha value is -0.290. The molecule has 1 aliphatic heterocycles. The maximum Gasteiger partial charge on any atom is 0.389 e. The average molecular weight is 306 g/mol. The lowest BCUT2D eigenvalue weighted by atomic mass is 9.88. The summed E-state index contributed by atoms with van der Waals surface area (Å²) >= 11 is 0. The molecule has 0 bridgehead atoms. The van der Waals surface area contributed by atoms with Crippen molar-refractivity contribution in [2.45, 2.75) is 83.1 Å². The van der Waals surface area contributed by atoms with E-state index in [2.05, 4.69) is 24.1 Å². The minimum absolute atomic E-state index is 0.219. The van der Waals surface area contributed by atoms with Crippen molar-refractivity contribution >= 4 is 0 Å². The summed E-state index contributed by atoms with van der Waals surface area (Å²) < 4.78 is 38.1. The fourth-order valence-corrected chi connectivity index (χ4v) is 3.86. The van der Waals surface area contributed by atoms with Gasteiger partial charge in [0.2, 0.25) is 0 Å². The zero-order chi connectivity index (χ0) is 15.5. The van der Waals surface area contributed by atoms with Crippen molar-refractivity contribution in [1.29, 1.82) is 0 Å². The van der Waals surface area contributed by atoms with E-state index in [9.17, 15) is 13.2 Å². The normalized spacial score (nSPS) is 30.0. The fraction of sp³-hybridized carbons (Fsp3) is 1.00. The molecular weight excluding hydrogens is 277 g/mol. The van der Waals surface area contributed by atoms with Crippen LogP contribution < -0.4 is 5.32 Å². The van der Waals surface area contributed by atoms with Gasteiger partial charge in [0, 0.05) is 37.6 Å². The van der Waals surface area contributed by atoms with Gasteiger partial charge >= 0.3 is 6.18 Å². The van der Waals surface area contributed by atoms with Crippen LogP contribution in [-0.2, 0) is 0 Å². The van der Waals surface area contributed by atoms with Crippen molar-refractivity contribution in [2.75, 3.05) is 13.1 Å². The van der Waals surface area contributed by atoms with Crippen LogP contribution >= 0.6 is 0 Å². The number of nitrogens with one attached hydrogen (secondary N) is 1. The van der Waals surface area contributed by atoms with E-state index in [1.54, 1.807) is 0 Å². The first kappa shape index (κ1) is 17.1. The molecule has 2 aliphatic rings. The van der Waals surface area contributed by atoms with Crippen LogP contribution in [0.15, 0.2) is 0 Å². The maximum atomic E-state index is 12.7. The van der Waals surface area contributed by atoms with Gasteiger partial charge in [-0.25, -0.2) is 0 Å². The SMILES string of the molecule is CC(C)N1CC(CC(F)(F)F)CC(NC2CCCCC2)C1. The lowest BCUT2D eigenvalue weighted by Gasteiger charge is -2.42. The predicted octanol–water partition coefficient (Wildman–Crippen LogP) is 3.96. The molecule has 21 heavy (non-hydrogen) atoms. The Kier molecular flexibility index (Phi) is 5.95. The van der Waals surface area contributed by atoms with Gasteiger partial charge in [-0.1, -0.05) is 19.3 Å². The standard InChI is InChI=1S/C16H29F3N2/c1-12(2)21-10-13(9-16(17,18)19)8-15(11-21)20-14-6-4-3-5-7-14/h12-15,20H,3-11H2,1-2H3. The second-order valence-corrected chi connectivity index (χ2v) is 7.17. The van der Waals surface area contributed by atoms with E-state index in [1.807, 2.05) is 0 Å². The number of rotatable bonds is 4. The molecule has 124 valence electrons. The number of hydrogen-bond donors (Lipinski definition) is 1. The highest BCUT2D eigenvalue weighted by atomic mass is 19.4. The van der Waals surface area contributed by atoms with Gasteiger partial charge in [0.1, 0.15) is 0 Å². The summed E-state index contributed by atoms with van der Waals surface area (Å²) in [7, 11) is 0. The van der Waals surface area contributed by atoms with Gasteiger partial charge in [0.05, 0.1) is 0 Å². The Labute approximate surface area is 126 Å². The minimum Gasteiger partial charge on any atom is -0.310 e. The lowest BCUT2D eigenvalue weighted by Crippen LogP contribution is -2.54. The molecule has 2 rings (SSSR count). The molecule has 2 nitrogen and oxygen atoms in total. The fourth-order valence-electron chi connectivity index (χ4n) is 3.86. The number of nitrogens with zero attached hydrogens (tertiary/aromatic N) is 1. The topological polar surface area (TPSA) is 15.3 Å². The van der Waals surface area contributed by atoms with Gasteiger partial charge in [0.25, 0.3) is 0 Å². The van der Waals surface area contributed by atoms with Crippen LogP contribution in [0.1, 0.15) is 58.8 Å². The van der Waals surface area contributed by atoms with Crippen LogP contribution in [0.25, 0.3) is 0 Å². The van der Waals surface area contributed by atoms with Gasteiger partial charge in [0.15, 0.2) is 0 Å². The Morgan fingerprint density at radius 2 is 1.71 bits per heavy atom. The summed E-state index contributed by atoms with van der Waals surface area (Å²) in [6.45, 7) is 5.63. The van der Waals surface area contributed by atoms with E-state index in [0.717, 1.165) is 6.54 Å². The highest BCUT2D eigenvalue weighted by Crippen LogP contribution is 2.31. The van der Waals surface area contributed by atoms with E-state index in [1.165, 1.54) is 32.1 Å². The Morgan fingerprint density at radius 1 is 1.05 bits per heavy atom. The Bertz CT molecular complexity index is 311. The minimum atomic E-state index is -4.04. The zero-order valence-electron chi connectivity index (χ0n) is 13.3. The van der Waals surface area contributed by atoms with Crippen molar-refractivity contribution in [3.8, 4) is 0 Å². The third-order valence-corrected chi connectivity index (χ3v) is 4.89. The molecule has 0 amide bonds. The summed E-state index contributed by atoms with van der Waals surface area (Å²) in [5.41, 5.74) is 0. The van der Waals surface area contributed by atoms with Gasteiger partial charge in [-0.2, -0.15) is 13.2 Å². The third-order valence-electron chi connectivity index (χ3n) is 4.89. The molecule has 0 radical (unpaired) electrons. The smallest absolute Gasteiger partial charge is 0.310 e. The highest BCUT2D eigenvalue weighted by Gasteiger charge is 2.37. The summed E-state index contributed by atoms with van der Waals surface area (Å²) in [5.74, 6) is -0.262. The molecule has 1 saturated heterocycles. The number of alkyl halides is 3. The molecule has 1 saturated carbocycles. The second-order valence-electron chi connectivity index (χ2n) is 7.17. The van der Waals surface area contributed by atoms with Gasteiger partial charge < -0.3 is 5.32 Å². The number of halogens is 3. The van der Waals surface area contributed by atoms with Crippen LogP contribution in [0.4, 0.5) is 13.2 Å². The van der Waals surface area contributed by atoms with Crippen molar-refractivity contribution < 1.29 is 13.2 Å². The molecule has 0 aromatic heterocycles. The maximum absolute atomic E-state index is 12.7. The van der Waals surface area contributed by atoms with Crippen LogP contribution in [0.5, 0.6) is 0 Å². The van der Waals surface area contributed by atoms with Gasteiger partial charge in [-0.15, -0.1) is 0 Å². The Balaban J connectivity index is 1.92. The zero-order valence-corrected chi connectivity index (χ0v) is 13.3. The van der Waals surface area contributed by atoms with E-state index in [4.69, 9.17) is 0 Å². The molecule has 0 spiro atoms. The van der Waals surface area contributed by atoms with Crippen LogP contribution in [-0.4, -0.2) is 42.3 Å². The predicted molar refractivity (Wildman–Crippen MR) is 79.3 cm³/mol. The molecule has 2 fully saturated rings. The number of piperidine rings is 1. The van der Waals surface area contributed by atoms with Crippen molar-refractivity contribution in [2.24, 2.45) is 5.92 Å². The van der Waals surface area contributed by atoms with E-state index in [0.29, 0.717) is 25.0 Å². The van der Waals surface area contributed by atoms with E-state index in [-0.39, 0.29) is 12.0 Å². The van der Waals surface area contributed by atoms with Crippen molar-refractivity contribution in [1.82, 2.24) is 10.2 Å². The molecular formula is C16H29F3N2. The van der Waals surface area contributed by atoms with Crippen molar-refractivity contribution in [3.63, 3.8) is 0 Å². The first-order chi connectivity index (χ1) is 9.83. The van der Waals surface area contributed by atoms with E-state index >= 15 is 0 Å². The first-order valence-corrected chi connectivity index (χ1v) is 8.40. The van der Waals surface area contributed by atoms with Crippen molar-refractivity contribution in [3.05, 3.63) is 0 Å². The molecule has 5 heteroatoms. The number of hydrogen-bond acceptors (Lipinski definition) is 2. The molecule has 1 heterocycles. The summed E-state index contributed by atoms with van der Waals surface area (Å²) in [6, 6.07) is 1.05. The molecule has 2 atom stereocenters. The van der Waals surface area contributed by atoms with Crippen LogP contribution in [0.2, 0.25) is 0 Å². The third kappa shape index (κ3) is 5.78. The molecule has 1 aliphatic carbocycles. The molecule has 0 aromatic rings. The largest absolute Gasteiger partial charge is 0.389 e. The summed E-state index contributed by atoms with van der Waals surface area (Å²) in [4.78, 5) is 2.21.